The number of hydrogen-bond acceptors (Lipinski definition) is 4. The maximum absolute atomic E-state index is 11.2. The molecule has 6 nitrogen and oxygen atoms in total. The van der Waals surface area contributed by atoms with Crippen LogP contribution in [0.25, 0.3) is 5.65 Å². The van der Waals surface area contributed by atoms with Crippen molar-refractivity contribution in [3.63, 3.8) is 0 Å². The lowest BCUT2D eigenvalue weighted by Crippen LogP contribution is -2.24. The second-order valence-corrected chi connectivity index (χ2v) is 4.15. The molecule has 0 aliphatic carbocycles. The molecule has 0 aliphatic rings. The molecule has 0 atom stereocenters. The molecule has 2 N–H and O–H groups in total. The standard InChI is InChI=1S/C11H14ClN5O/c1-2-13-10(18)5-6-14-11-15-9-4-3-8(12)7-17(9)16-11/h3-4,7H,2,5-6H2,1H3,(H,13,18)(H,14,16). The minimum Gasteiger partial charge on any atom is -0.356 e. The number of pyridine rings is 1. The molecular weight excluding hydrogens is 254 g/mol. The van der Waals surface area contributed by atoms with Crippen molar-refractivity contribution in [2.45, 2.75) is 13.3 Å². The van der Waals surface area contributed by atoms with Gasteiger partial charge in [-0.3, -0.25) is 4.79 Å². The molecule has 0 saturated carbocycles. The van der Waals surface area contributed by atoms with E-state index in [1.165, 1.54) is 0 Å². The van der Waals surface area contributed by atoms with Crippen molar-refractivity contribution in [3.8, 4) is 0 Å². The highest BCUT2D eigenvalue weighted by Crippen LogP contribution is 2.11. The van der Waals surface area contributed by atoms with Crippen molar-refractivity contribution in [3.05, 3.63) is 23.4 Å². The van der Waals surface area contributed by atoms with E-state index in [4.69, 9.17) is 11.6 Å². The lowest BCUT2D eigenvalue weighted by molar-refractivity contribution is -0.120. The Labute approximate surface area is 109 Å². The number of aromatic nitrogens is 3. The first kappa shape index (κ1) is 12.6. The topological polar surface area (TPSA) is 71.3 Å². The van der Waals surface area contributed by atoms with Gasteiger partial charge in [-0.25, -0.2) is 4.52 Å². The number of nitrogens with one attached hydrogen (secondary N) is 2. The first-order valence-electron chi connectivity index (χ1n) is 5.71. The summed E-state index contributed by atoms with van der Waals surface area (Å²) < 4.78 is 1.59. The van der Waals surface area contributed by atoms with Gasteiger partial charge in [-0.1, -0.05) is 11.6 Å². The summed E-state index contributed by atoms with van der Waals surface area (Å²) in [4.78, 5) is 15.5. The van der Waals surface area contributed by atoms with Gasteiger partial charge in [0.1, 0.15) is 0 Å². The molecule has 96 valence electrons. The van der Waals surface area contributed by atoms with Gasteiger partial charge >= 0.3 is 0 Å². The van der Waals surface area contributed by atoms with Crippen LogP contribution in [0.2, 0.25) is 5.02 Å². The molecular formula is C11H14ClN5O. The molecule has 0 aliphatic heterocycles. The fraction of sp³-hybridized carbons (Fsp3) is 0.364. The summed E-state index contributed by atoms with van der Waals surface area (Å²) in [6.07, 6.45) is 2.07. The molecule has 0 radical (unpaired) electrons. The van der Waals surface area contributed by atoms with Crippen molar-refractivity contribution in [2.75, 3.05) is 18.4 Å². The predicted molar refractivity (Wildman–Crippen MR) is 69.8 cm³/mol. The molecule has 18 heavy (non-hydrogen) atoms. The summed E-state index contributed by atoms with van der Waals surface area (Å²) in [6.45, 7) is 3.03. The Bertz CT molecular complexity index is 553. The number of amides is 1. The minimum absolute atomic E-state index is 0.0109. The summed E-state index contributed by atoms with van der Waals surface area (Å²) >= 11 is 5.85. The van der Waals surface area contributed by atoms with Crippen LogP contribution in [0.15, 0.2) is 18.3 Å². The first-order chi connectivity index (χ1) is 8.69. The lowest BCUT2D eigenvalue weighted by Gasteiger charge is -2.01. The van der Waals surface area contributed by atoms with E-state index in [1.807, 2.05) is 6.92 Å². The molecule has 2 aromatic heterocycles. The van der Waals surface area contributed by atoms with Gasteiger partial charge < -0.3 is 10.6 Å². The van der Waals surface area contributed by atoms with E-state index < -0.39 is 0 Å². The number of carbonyl (C=O) groups is 1. The van der Waals surface area contributed by atoms with E-state index in [1.54, 1.807) is 22.8 Å². The van der Waals surface area contributed by atoms with Crippen molar-refractivity contribution < 1.29 is 4.79 Å². The normalized spacial score (nSPS) is 10.6. The van der Waals surface area contributed by atoms with Gasteiger partial charge in [0.25, 0.3) is 0 Å². The Balaban J connectivity index is 1.94. The fourth-order valence-corrected chi connectivity index (χ4v) is 1.66. The smallest absolute Gasteiger partial charge is 0.243 e. The van der Waals surface area contributed by atoms with E-state index in [-0.39, 0.29) is 5.91 Å². The van der Waals surface area contributed by atoms with Gasteiger partial charge in [0.15, 0.2) is 5.65 Å². The molecule has 7 heteroatoms. The van der Waals surface area contributed by atoms with Crippen molar-refractivity contribution in [1.29, 1.82) is 0 Å². The van der Waals surface area contributed by atoms with E-state index in [2.05, 4.69) is 20.7 Å². The third kappa shape index (κ3) is 3.10. The van der Waals surface area contributed by atoms with Crippen molar-refractivity contribution in [2.24, 2.45) is 0 Å². The number of anilines is 1. The Hall–Kier alpha value is -1.82. The third-order valence-electron chi connectivity index (χ3n) is 2.30. The van der Waals surface area contributed by atoms with Crippen LogP contribution in [-0.4, -0.2) is 33.6 Å². The Kier molecular flexibility index (Phi) is 3.99. The quantitative estimate of drug-likeness (QED) is 0.857. The zero-order chi connectivity index (χ0) is 13.0. The van der Waals surface area contributed by atoms with Gasteiger partial charge in [-0.2, -0.15) is 4.98 Å². The third-order valence-corrected chi connectivity index (χ3v) is 2.53. The number of hydrogen-bond donors (Lipinski definition) is 2. The van der Waals surface area contributed by atoms with E-state index in [0.29, 0.717) is 36.1 Å². The number of fused-ring (bicyclic) bond motifs is 1. The van der Waals surface area contributed by atoms with Crippen LogP contribution in [0.4, 0.5) is 5.95 Å². The molecule has 1 amide bonds. The summed E-state index contributed by atoms with van der Waals surface area (Å²) in [5.41, 5.74) is 0.708. The second-order valence-electron chi connectivity index (χ2n) is 3.72. The zero-order valence-corrected chi connectivity index (χ0v) is 10.7. The van der Waals surface area contributed by atoms with Gasteiger partial charge in [0, 0.05) is 25.7 Å². The molecule has 2 aromatic rings. The fourth-order valence-electron chi connectivity index (χ4n) is 1.51. The van der Waals surface area contributed by atoms with Gasteiger partial charge in [0.2, 0.25) is 11.9 Å². The van der Waals surface area contributed by atoms with Crippen LogP contribution in [-0.2, 0) is 4.79 Å². The van der Waals surface area contributed by atoms with Crippen LogP contribution < -0.4 is 10.6 Å². The molecule has 0 bridgehead atoms. The van der Waals surface area contributed by atoms with Crippen LogP contribution in [0.1, 0.15) is 13.3 Å². The number of nitrogens with zero attached hydrogens (tertiary/aromatic N) is 3. The Morgan fingerprint density at radius 1 is 1.50 bits per heavy atom. The Morgan fingerprint density at radius 2 is 2.33 bits per heavy atom. The van der Waals surface area contributed by atoms with Gasteiger partial charge in [0.05, 0.1) is 5.02 Å². The van der Waals surface area contributed by atoms with Crippen molar-refractivity contribution in [1.82, 2.24) is 19.9 Å². The average molecular weight is 268 g/mol. The van der Waals surface area contributed by atoms with E-state index in [0.717, 1.165) is 0 Å². The van der Waals surface area contributed by atoms with E-state index >= 15 is 0 Å². The maximum atomic E-state index is 11.2. The summed E-state index contributed by atoms with van der Waals surface area (Å²) in [7, 11) is 0. The summed E-state index contributed by atoms with van der Waals surface area (Å²) in [5.74, 6) is 0.498. The van der Waals surface area contributed by atoms with Crippen molar-refractivity contribution >= 4 is 29.1 Å². The highest BCUT2D eigenvalue weighted by atomic mass is 35.5. The molecule has 0 unspecified atom stereocenters. The number of rotatable bonds is 5. The van der Waals surface area contributed by atoms with Crippen LogP contribution >= 0.6 is 11.6 Å². The molecule has 2 heterocycles. The maximum Gasteiger partial charge on any atom is 0.243 e. The van der Waals surface area contributed by atoms with Crippen LogP contribution in [0.3, 0.4) is 0 Å². The summed E-state index contributed by atoms with van der Waals surface area (Å²) in [6, 6.07) is 3.54. The number of carbonyl (C=O) groups excluding carboxylic acids is 1. The lowest BCUT2D eigenvalue weighted by atomic mass is 10.4. The molecule has 0 saturated heterocycles. The molecule has 0 spiro atoms. The number of halogens is 1. The molecule has 0 fully saturated rings. The van der Waals surface area contributed by atoms with E-state index in [9.17, 15) is 4.79 Å². The molecule has 2 rings (SSSR count). The monoisotopic (exact) mass is 267 g/mol. The van der Waals surface area contributed by atoms with Gasteiger partial charge in [-0.15, -0.1) is 5.10 Å². The Morgan fingerprint density at radius 3 is 3.11 bits per heavy atom. The molecule has 0 aromatic carbocycles. The van der Waals surface area contributed by atoms with Crippen LogP contribution in [0.5, 0.6) is 0 Å². The highest BCUT2D eigenvalue weighted by Gasteiger charge is 2.04. The highest BCUT2D eigenvalue weighted by molar-refractivity contribution is 6.30. The van der Waals surface area contributed by atoms with Gasteiger partial charge in [-0.05, 0) is 19.1 Å². The van der Waals surface area contributed by atoms with Crippen LogP contribution in [0, 0.1) is 0 Å². The SMILES string of the molecule is CCNC(=O)CCNc1nc2ccc(Cl)cn2n1. The minimum atomic E-state index is 0.0109. The first-order valence-corrected chi connectivity index (χ1v) is 6.09. The average Bonchev–Trinajstić information content (AvgIpc) is 2.71. The largest absolute Gasteiger partial charge is 0.356 e. The zero-order valence-electron chi connectivity index (χ0n) is 9.98. The summed E-state index contributed by atoms with van der Waals surface area (Å²) in [5, 5.41) is 10.5. The second kappa shape index (κ2) is 5.68. The predicted octanol–water partition coefficient (Wildman–Crippen LogP) is 1.32.